The number of fused-ring (bicyclic) bond motifs is 4. The van der Waals surface area contributed by atoms with Crippen molar-refractivity contribution < 1.29 is 20.1 Å². The van der Waals surface area contributed by atoms with Gasteiger partial charge in [-0.1, -0.05) is 57.4 Å². The number of carboxylic acid groups (broad SMARTS) is 1. The highest BCUT2D eigenvalue weighted by molar-refractivity contribution is 5.71. The van der Waals surface area contributed by atoms with Crippen molar-refractivity contribution in [3.63, 3.8) is 0 Å². The molecule has 8 atom stereocenters. The molecule has 0 aromatic heterocycles. The van der Waals surface area contributed by atoms with E-state index in [1.165, 1.54) is 11.1 Å². The third-order valence-corrected chi connectivity index (χ3v) is 11.7. The van der Waals surface area contributed by atoms with Crippen LogP contribution in [-0.2, 0) is 4.79 Å². The van der Waals surface area contributed by atoms with Crippen molar-refractivity contribution in [2.24, 2.45) is 39.4 Å². The highest BCUT2D eigenvalue weighted by atomic mass is 16.4. The van der Waals surface area contributed by atoms with Crippen LogP contribution < -0.4 is 0 Å². The standard InChI is InChI=1S/C30H48O4/c1-18(2)9-8-10-19(26(33)34)22-17-25(32)30(7)21-11-12-23-27(3,4)24(31)14-15-28(23,5)20(21)13-16-29(22,30)6/h9,19,22-25,31-32H,8,10-17H2,1-7H3,(H,33,34)/t19-,22+,23-,24-,25-,28+,29+,30+/m0/s1. The summed E-state index contributed by atoms with van der Waals surface area (Å²) in [6.45, 7) is 15.6. The van der Waals surface area contributed by atoms with Crippen LogP contribution >= 0.6 is 0 Å². The van der Waals surface area contributed by atoms with Crippen molar-refractivity contribution in [3.8, 4) is 0 Å². The molecule has 0 unspecified atom stereocenters. The minimum Gasteiger partial charge on any atom is -0.481 e. The topological polar surface area (TPSA) is 77.8 Å². The zero-order chi connectivity index (χ0) is 25.3. The lowest BCUT2D eigenvalue weighted by Gasteiger charge is -2.62. The van der Waals surface area contributed by atoms with Crippen molar-refractivity contribution in [2.45, 2.75) is 118 Å². The lowest BCUT2D eigenvalue weighted by molar-refractivity contribution is -0.147. The Bertz CT molecular complexity index is 895. The maximum Gasteiger partial charge on any atom is 0.306 e. The predicted octanol–water partition coefficient (Wildman–Crippen LogP) is 6.51. The number of rotatable bonds is 5. The van der Waals surface area contributed by atoms with Gasteiger partial charge in [0, 0.05) is 5.41 Å². The zero-order valence-corrected chi connectivity index (χ0v) is 22.6. The number of aliphatic carboxylic acids is 1. The number of aliphatic hydroxyl groups excluding tert-OH is 2. The van der Waals surface area contributed by atoms with E-state index in [0.717, 1.165) is 44.9 Å². The average molecular weight is 473 g/mol. The van der Waals surface area contributed by atoms with E-state index < -0.39 is 18.0 Å². The SMILES string of the molecule is CC(C)=CCC[C@H](C(=O)O)[C@H]1C[C@H](O)[C@@]2(C)C3=C(CC[C@]12C)[C@@]1(C)CC[C@H](O)C(C)(C)[C@@H]1CC3. The molecule has 4 nitrogen and oxygen atoms in total. The van der Waals surface area contributed by atoms with E-state index in [0.29, 0.717) is 18.8 Å². The van der Waals surface area contributed by atoms with Gasteiger partial charge in [-0.25, -0.2) is 0 Å². The van der Waals surface area contributed by atoms with Crippen molar-refractivity contribution in [2.75, 3.05) is 0 Å². The Morgan fingerprint density at radius 1 is 1.00 bits per heavy atom. The quantitative estimate of drug-likeness (QED) is 0.398. The Morgan fingerprint density at radius 2 is 1.68 bits per heavy atom. The van der Waals surface area contributed by atoms with E-state index in [1.54, 1.807) is 5.57 Å². The van der Waals surface area contributed by atoms with Gasteiger partial charge in [-0.3, -0.25) is 4.79 Å². The smallest absolute Gasteiger partial charge is 0.306 e. The molecule has 2 saturated carbocycles. The fourth-order valence-corrected chi connectivity index (χ4v) is 9.42. The molecule has 4 rings (SSSR count). The molecule has 0 heterocycles. The van der Waals surface area contributed by atoms with Gasteiger partial charge in [-0.2, -0.15) is 0 Å². The third-order valence-electron chi connectivity index (χ3n) is 11.7. The van der Waals surface area contributed by atoms with Crippen LogP contribution in [0, 0.1) is 39.4 Å². The Morgan fingerprint density at radius 3 is 2.29 bits per heavy atom. The number of hydrogen-bond acceptors (Lipinski definition) is 3. The molecule has 4 aliphatic rings. The van der Waals surface area contributed by atoms with Crippen LogP contribution in [0.1, 0.15) is 106 Å². The Balaban J connectivity index is 1.74. The van der Waals surface area contributed by atoms with Crippen LogP contribution in [0.4, 0.5) is 0 Å². The van der Waals surface area contributed by atoms with Crippen molar-refractivity contribution in [1.82, 2.24) is 0 Å². The Kier molecular flexibility index (Phi) is 6.47. The van der Waals surface area contributed by atoms with E-state index in [-0.39, 0.29) is 33.7 Å². The van der Waals surface area contributed by atoms with Crippen LogP contribution in [0.25, 0.3) is 0 Å². The van der Waals surface area contributed by atoms with E-state index in [1.807, 2.05) is 0 Å². The number of carboxylic acids is 1. The molecule has 0 aromatic rings. The number of allylic oxidation sites excluding steroid dienone is 3. The van der Waals surface area contributed by atoms with Gasteiger partial charge in [0.2, 0.25) is 0 Å². The monoisotopic (exact) mass is 472 g/mol. The summed E-state index contributed by atoms with van der Waals surface area (Å²) in [5, 5.41) is 32.7. The summed E-state index contributed by atoms with van der Waals surface area (Å²) < 4.78 is 0. The summed E-state index contributed by atoms with van der Waals surface area (Å²) in [4.78, 5) is 12.5. The molecule has 0 amide bonds. The number of carbonyl (C=O) groups is 1. The summed E-state index contributed by atoms with van der Waals surface area (Å²) in [6.07, 6.45) is 9.21. The predicted molar refractivity (Wildman–Crippen MR) is 136 cm³/mol. The van der Waals surface area contributed by atoms with E-state index in [9.17, 15) is 20.1 Å². The fourth-order valence-electron chi connectivity index (χ4n) is 9.42. The fraction of sp³-hybridized carbons (Fsp3) is 0.833. The molecular formula is C30H48O4. The van der Waals surface area contributed by atoms with Gasteiger partial charge in [0.25, 0.3) is 0 Å². The van der Waals surface area contributed by atoms with Gasteiger partial charge in [-0.15, -0.1) is 0 Å². The largest absolute Gasteiger partial charge is 0.481 e. The molecule has 0 aromatic carbocycles. The summed E-state index contributed by atoms with van der Waals surface area (Å²) in [5.41, 5.74) is 3.58. The first-order valence-corrected chi connectivity index (χ1v) is 13.7. The number of hydrogen-bond donors (Lipinski definition) is 3. The molecule has 192 valence electrons. The van der Waals surface area contributed by atoms with E-state index in [4.69, 9.17) is 0 Å². The highest BCUT2D eigenvalue weighted by Crippen LogP contribution is 2.72. The maximum absolute atomic E-state index is 12.5. The van der Waals surface area contributed by atoms with E-state index >= 15 is 0 Å². The molecule has 0 bridgehead atoms. The molecular weight excluding hydrogens is 424 g/mol. The van der Waals surface area contributed by atoms with Crippen molar-refractivity contribution in [3.05, 3.63) is 22.8 Å². The minimum absolute atomic E-state index is 0.0141. The van der Waals surface area contributed by atoms with Crippen LogP contribution in [0.2, 0.25) is 0 Å². The first-order valence-electron chi connectivity index (χ1n) is 13.7. The van der Waals surface area contributed by atoms with Gasteiger partial charge in [0.15, 0.2) is 0 Å². The molecule has 4 aliphatic carbocycles. The maximum atomic E-state index is 12.5. The van der Waals surface area contributed by atoms with Crippen LogP contribution in [0.5, 0.6) is 0 Å². The number of aliphatic hydroxyl groups is 2. The van der Waals surface area contributed by atoms with Crippen molar-refractivity contribution >= 4 is 5.97 Å². The van der Waals surface area contributed by atoms with Gasteiger partial charge >= 0.3 is 5.97 Å². The second kappa shape index (κ2) is 8.47. The first-order chi connectivity index (χ1) is 15.7. The zero-order valence-electron chi connectivity index (χ0n) is 22.6. The van der Waals surface area contributed by atoms with Crippen LogP contribution in [-0.4, -0.2) is 33.5 Å². The molecule has 0 aliphatic heterocycles. The molecule has 4 heteroatoms. The molecule has 0 spiro atoms. The van der Waals surface area contributed by atoms with E-state index in [2.05, 4.69) is 54.5 Å². The summed E-state index contributed by atoms with van der Waals surface area (Å²) in [7, 11) is 0. The van der Waals surface area contributed by atoms with Gasteiger partial charge in [-0.05, 0) is 99.7 Å². The Hall–Kier alpha value is -1.13. The van der Waals surface area contributed by atoms with Crippen LogP contribution in [0.3, 0.4) is 0 Å². The highest BCUT2D eigenvalue weighted by Gasteiger charge is 2.67. The summed E-state index contributed by atoms with van der Waals surface area (Å²) >= 11 is 0. The van der Waals surface area contributed by atoms with Crippen LogP contribution in [0.15, 0.2) is 22.8 Å². The molecule has 3 N–H and O–H groups in total. The lowest BCUT2D eigenvalue weighted by Crippen LogP contribution is -2.56. The van der Waals surface area contributed by atoms with Gasteiger partial charge in [0.1, 0.15) is 0 Å². The molecule has 0 saturated heterocycles. The Labute approximate surface area is 206 Å². The average Bonchev–Trinajstić information content (AvgIpc) is 2.95. The second-order valence-electron chi connectivity index (χ2n) is 13.6. The second-order valence-corrected chi connectivity index (χ2v) is 13.6. The summed E-state index contributed by atoms with van der Waals surface area (Å²) in [6, 6.07) is 0. The minimum atomic E-state index is -0.705. The van der Waals surface area contributed by atoms with Crippen molar-refractivity contribution in [1.29, 1.82) is 0 Å². The summed E-state index contributed by atoms with van der Waals surface area (Å²) in [5.74, 6) is -0.696. The molecule has 2 fully saturated rings. The first kappa shape index (κ1) is 25.9. The normalized spacial score (nSPS) is 44.0. The van der Waals surface area contributed by atoms with Gasteiger partial charge < -0.3 is 15.3 Å². The lowest BCUT2D eigenvalue weighted by atomic mass is 9.43. The third kappa shape index (κ3) is 3.49. The molecule has 0 radical (unpaired) electrons. The molecule has 34 heavy (non-hydrogen) atoms. The van der Waals surface area contributed by atoms with Gasteiger partial charge in [0.05, 0.1) is 18.1 Å².